The molecule has 0 atom stereocenters. The van der Waals surface area contributed by atoms with Gasteiger partial charge in [-0.3, -0.25) is 9.59 Å². The third-order valence-electron chi connectivity index (χ3n) is 2.85. The van der Waals surface area contributed by atoms with Gasteiger partial charge in [0.2, 0.25) is 11.8 Å². The van der Waals surface area contributed by atoms with Gasteiger partial charge < -0.3 is 10.6 Å². The van der Waals surface area contributed by atoms with Crippen LogP contribution >= 0.6 is 0 Å². The molecule has 2 N–H and O–H groups in total. The molecule has 0 aromatic rings. The van der Waals surface area contributed by atoms with E-state index in [0.717, 1.165) is 19.4 Å². The van der Waals surface area contributed by atoms with E-state index in [1.807, 2.05) is 0 Å². The SMILES string of the molecule is CCCCCCCCCN(C)C(=O)CC(N)=O. The minimum absolute atomic E-state index is 0.174. The Kier molecular flexibility index (Phi) is 9.49. The summed E-state index contributed by atoms with van der Waals surface area (Å²) in [6, 6.07) is 0. The molecule has 0 radical (unpaired) electrons. The molecule has 4 heteroatoms. The number of primary amides is 1. The van der Waals surface area contributed by atoms with Gasteiger partial charge in [-0.05, 0) is 6.42 Å². The number of hydrogen-bond acceptors (Lipinski definition) is 2. The minimum Gasteiger partial charge on any atom is -0.369 e. The molecule has 0 aromatic carbocycles. The number of unbranched alkanes of at least 4 members (excludes halogenated alkanes) is 6. The summed E-state index contributed by atoms with van der Waals surface area (Å²) < 4.78 is 0. The van der Waals surface area contributed by atoms with Crippen molar-refractivity contribution in [1.29, 1.82) is 0 Å². The highest BCUT2D eigenvalue weighted by molar-refractivity contribution is 5.95. The summed E-state index contributed by atoms with van der Waals surface area (Å²) >= 11 is 0. The molecule has 0 unspecified atom stereocenters. The first-order valence-electron chi connectivity index (χ1n) is 6.60. The van der Waals surface area contributed by atoms with E-state index < -0.39 is 5.91 Å². The average molecular weight is 242 g/mol. The molecular formula is C13H26N2O2. The van der Waals surface area contributed by atoms with Crippen LogP contribution in [0.5, 0.6) is 0 Å². The molecule has 17 heavy (non-hydrogen) atoms. The van der Waals surface area contributed by atoms with Gasteiger partial charge in [0, 0.05) is 13.6 Å². The Morgan fingerprint density at radius 3 is 2.06 bits per heavy atom. The molecule has 0 saturated heterocycles. The van der Waals surface area contributed by atoms with Crippen molar-refractivity contribution in [1.82, 2.24) is 4.90 Å². The van der Waals surface area contributed by atoms with Crippen molar-refractivity contribution in [3.8, 4) is 0 Å². The Bertz CT molecular complexity index is 229. The van der Waals surface area contributed by atoms with Crippen LogP contribution in [0.15, 0.2) is 0 Å². The number of amides is 2. The van der Waals surface area contributed by atoms with Crippen LogP contribution in [0.1, 0.15) is 58.3 Å². The fourth-order valence-electron chi connectivity index (χ4n) is 1.71. The monoisotopic (exact) mass is 242 g/mol. The van der Waals surface area contributed by atoms with Gasteiger partial charge in [0.05, 0.1) is 0 Å². The first kappa shape index (κ1) is 15.9. The maximum Gasteiger partial charge on any atom is 0.231 e. The van der Waals surface area contributed by atoms with E-state index in [1.165, 1.54) is 32.1 Å². The molecule has 0 fully saturated rings. The van der Waals surface area contributed by atoms with Crippen LogP contribution in [0.4, 0.5) is 0 Å². The lowest BCUT2D eigenvalue weighted by Crippen LogP contribution is -2.31. The third-order valence-corrected chi connectivity index (χ3v) is 2.85. The molecule has 100 valence electrons. The smallest absolute Gasteiger partial charge is 0.231 e. The highest BCUT2D eigenvalue weighted by atomic mass is 16.2. The van der Waals surface area contributed by atoms with E-state index in [0.29, 0.717) is 0 Å². The summed E-state index contributed by atoms with van der Waals surface area (Å²) in [7, 11) is 1.72. The fraction of sp³-hybridized carbons (Fsp3) is 0.846. The predicted molar refractivity (Wildman–Crippen MR) is 69.4 cm³/mol. The van der Waals surface area contributed by atoms with Crippen LogP contribution < -0.4 is 5.73 Å². The van der Waals surface area contributed by atoms with Crippen molar-refractivity contribution in [2.75, 3.05) is 13.6 Å². The maximum atomic E-state index is 11.4. The number of rotatable bonds is 10. The molecule has 0 heterocycles. The second-order valence-electron chi connectivity index (χ2n) is 4.58. The first-order chi connectivity index (χ1) is 8.07. The number of carbonyl (C=O) groups is 2. The van der Waals surface area contributed by atoms with Crippen LogP contribution in [0.2, 0.25) is 0 Å². The second kappa shape index (κ2) is 10.1. The topological polar surface area (TPSA) is 63.4 Å². The van der Waals surface area contributed by atoms with Crippen LogP contribution in [0.25, 0.3) is 0 Å². The third kappa shape index (κ3) is 9.85. The van der Waals surface area contributed by atoms with Crippen LogP contribution in [0.3, 0.4) is 0 Å². The van der Waals surface area contributed by atoms with E-state index in [1.54, 1.807) is 11.9 Å². The van der Waals surface area contributed by atoms with Crippen LogP contribution in [-0.2, 0) is 9.59 Å². The number of hydrogen-bond donors (Lipinski definition) is 1. The van der Waals surface area contributed by atoms with Gasteiger partial charge in [-0.25, -0.2) is 0 Å². The van der Waals surface area contributed by atoms with E-state index >= 15 is 0 Å². The quantitative estimate of drug-likeness (QED) is 0.471. The average Bonchev–Trinajstić information content (AvgIpc) is 2.26. The highest BCUT2D eigenvalue weighted by Crippen LogP contribution is 2.07. The van der Waals surface area contributed by atoms with Crippen molar-refractivity contribution in [2.45, 2.75) is 58.3 Å². The summed E-state index contributed by atoms with van der Waals surface area (Å²) in [6.45, 7) is 2.93. The number of carbonyl (C=O) groups excluding carboxylic acids is 2. The first-order valence-corrected chi connectivity index (χ1v) is 6.60. The molecular weight excluding hydrogens is 216 g/mol. The van der Waals surface area contributed by atoms with Gasteiger partial charge in [0.15, 0.2) is 0 Å². The lowest BCUT2D eigenvalue weighted by atomic mass is 10.1. The Hall–Kier alpha value is -1.06. The fourth-order valence-corrected chi connectivity index (χ4v) is 1.71. The molecule has 0 rings (SSSR count). The standard InChI is InChI=1S/C13H26N2O2/c1-3-4-5-6-7-8-9-10-15(2)13(17)11-12(14)16/h3-11H2,1-2H3,(H2,14,16). The van der Waals surface area contributed by atoms with Crippen LogP contribution in [-0.4, -0.2) is 30.3 Å². The zero-order valence-corrected chi connectivity index (χ0v) is 11.2. The Morgan fingerprint density at radius 2 is 1.53 bits per heavy atom. The Balaban J connectivity index is 3.41. The van der Waals surface area contributed by atoms with Crippen molar-refractivity contribution in [2.24, 2.45) is 5.73 Å². The summed E-state index contributed by atoms with van der Waals surface area (Å²) in [5.41, 5.74) is 4.97. The van der Waals surface area contributed by atoms with Crippen molar-refractivity contribution in [3.05, 3.63) is 0 Å². The van der Waals surface area contributed by atoms with Crippen LogP contribution in [0, 0.1) is 0 Å². The summed E-state index contributed by atoms with van der Waals surface area (Å²) in [4.78, 5) is 23.5. The van der Waals surface area contributed by atoms with E-state index in [9.17, 15) is 9.59 Å². The van der Waals surface area contributed by atoms with E-state index in [4.69, 9.17) is 5.73 Å². The molecule has 0 aliphatic rings. The lowest BCUT2D eigenvalue weighted by Gasteiger charge is -2.16. The number of nitrogens with zero attached hydrogens (tertiary/aromatic N) is 1. The van der Waals surface area contributed by atoms with Gasteiger partial charge in [0.1, 0.15) is 6.42 Å². The van der Waals surface area contributed by atoms with Crippen molar-refractivity contribution >= 4 is 11.8 Å². The molecule has 0 spiro atoms. The van der Waals surface area contributed by atoms with Gasteiger partial charge in [-0.15, -0.1) is 0 Å². The molecule has 4 nitrogen and oxygen atoms in total. The molecule has 0 bridgehead atoms. The van der Waals surface area contributed by atoms with Gasteiger partial charge >= 0.3 is 0 Å². The zero-order chi connectivity index (χ0) is 13.1. The largest absolute Gasteiger partial charge is 0.369 e. The van der Waals surface area contributed by atoms with Gasteiger partial charge in [-0.1, -0.05) is 45.4 Å². The lowest BCUT2D eigenvalue weighted by molar-refractivity contribution is -0.134. The summed E-state index contributed by atoms with van der Waals surface area (Å²) in [5, 5.41) is 0. The molecule has 2 amide bonds. The van der Waals surface area contributed by atoms with Crippen molar-refractivity contribution < 1.29 is 9.59 Å². The molecule has 0 aliphatic carbocycles. The minimum atomic E-state index is -0.554. The summed E-state index contributed by atoms with van der Waals surface area (Å²) in [5.74, 6) is -0.732. The molecule has 0 saturated carbocycles. The maximum absolute atomic E-state index is 11.4. The zero-order valence-electron chi connectivity index (χ0n) is 11.2. The highest BCUT2D eigenvalue weighted by Gasteiger charge is 2.10. The van der Waals surface area contributed by atoms with E-state index in [-0.39, 0.29) is 12.3 Å². The Labute approximate surface area is 105 Å². The molecule has 0 aromatic heterocycles. The Morgan fingerprint density at radius 1 is 1.00 bits per heavy atom. The van der Waals surface area contributed by atoms with Gasteiger partial charge in [0.25, 0.3) is 0 Å². The second-order valence-corrected chi connectivity index (χ2v) is 4.58. The van der Waals surface area contributed by atoms with Gasteiger partial charge in [-0.2, -0.15) is 0 Å². The normalized spacial score (nSPS) is 10.2. The molecule has 0 aliphatic heterocycles. The van der Waals surface area contributed by atoms with Crippen molar-refractivity contribution in [3.63, 3.8) is 0 Å². The summed E-state index contributed by atoms with van der Waals surface area (Å²) in [6.07, 6.45) is 8.40. The van der Waals surface area contributed by atoms with E-state index in [2.05, 4.69) is 6.92 Å². The number of nitrogens with two attached hydrogens (primary N) is 1. The predicted octanol–water partition coefficient (Wildman–Crippen LogP) is 2.07.